The lowest BCUT2D eigenvalue weighted by Gasteiger charge is -2.34. The Bertz CT molecular complexity index is 1770. The summed E-state index contributed by atoms with van der Waals surface area (Å²) in [5.41, 5.74) is 2.58. The number of para-hydroxylation sites is 2. The van der Waals surface area contributed by atoms with Crippen molar-refractivity contribution in [1.82, 2.24) is 4.98 Å². The van der Waals surface area contributed by atoms with Crippen LogP contribution in [0.2, 0.25) is 0 Å². The van der Waals surface area contributed by atoms with Gasteiger partial charge in [0.1, 0.15) is 30.5 Å². The van der Waals surface area contributed by atoms with Gasteiger partial charge in [-0.1, -0.05) is 66.7 Å². The van der Waals surface area contributed by atoms with Gasteiger partial charge in [-0.15, -0.1) is 0 Å². The van der Waals surface area contributed by atoms with E-state index in [1.54, 1.807) is 48.5 Å². The highest BCUT2D eigenvalue weighted by molar-refractivity contribution is 5.97. The van der Waals surface area contributed by atoms with Crippen LogP contribution in [0.25, 0.3) is 10.9 Å². The minimum Gasteiger partial charge on any atom is -0.489 e. The molecule has 1 aromatic heterocycles. The van der Waals surface area contributed by atoms with Crippen LogP contribution < -0.4 is 14.2 Å². The molecule has 6 rings (SSSR count). The monoisotopic (exact) mass is 575 g/mol. The molecule has 0 amide bonds. The number of hydrogen-bond donors (Lipinski definition) is 1. The highest BCUT2D eigenvalue weighted by atomic mass is 16.6. The number of benzene rings is 4. The number of hydrogen-bond acceptors (Lipinski definition) is 8. The third-order valence-corrected chi connectivity index (χ3v) is 7.20. The number of ether oxygens (including phenoxy) is 4. The highest BCUT2D eigenvalue weighted by Gasteiger charge is 2.38. The van der Waals surface area contributed by atoms with Crippen LogP contribution in [-0.2, 0) is 16.1 Å². The summed E-state index contributed by atoms with van der Waals surface area (Å²) in [6.45, 7) is 1.70. The molecule has 3 atom stereocenters. The first-order valence-corrected chi connectivity index (χ1v) is 13.9. The van der Waals surface area contributed by atoms with Crippen molar-refractivity contribution in [1.29, 1.82) is 0 Å². The molecule has 216 valence electrons. The zero-order valence-electron chi connectivity index (χ0n) is 23.4. The lowest BCUT2D eigenvalue weighted by atomic mass is 9.98. The van der Waals surface area contributed by atoms with Crippen molar-refractivity contribution in [3.05, 3.63) is 132 Å². The summed E-state index contributed by atoms with van der Waals surface area (Å²) < 4.78 is 24.2. The second-order valence-corrected chi connectivity index (χ2v) is 10.2. The Labute approximate surface area is 248 Å². The van der Waals surface area contributed by atoms with E-state index in [0.29, 0.717) is 22.8 Å². The van der Waals surface area contributed by atoms with Gasteiger partial charge in [0.15, 0.2) is 24.1 Å². The number of aromatic nitrogens is 1. The van der Waals surface area contributed by atoms with Gasteiger partial charge in [-0.3, -0.25) is 4.79 Å². The van der Waals surface area contributed by atoms with Crippen molar-refractivity contribution < 1.29 is 33.6 Å². The Hall–Kier alpha value is -5.21. The molecule has 8 nitrogen and oxygen atoms in total. The minimum absolute atomic E-state index is 0.0984. The Morgan fingerprint density at radius 2 is 1.67 bits per heavy atom. The minimum atomic E-state index is -1.68. The van der Waals surface area contributed by atoms with E-state index in [4.69, 9.17) is 18.9 Å². The number of pyridine rings is 1. The Morgan fingerprint density at radius 3 is 2.51 bits per heavy atom. The Morgan fingerprint density at radius 1 is 0.907 bits per heavy atom. The largest absolute Gasteiger partial charge is 0.489 e. The molecule has 4 aromatic carbocycles. The molecule has 1 aliphatic heterocycles. The van der Waals surface area contributed by atoms with Gasteiger partial charge < -0.3 is 24.1 Å². The van der Waals surface area contributed by atoms with Crippen molar-refractivity contribution in [3.8, 4) is 17.2 Å². The van der Waals surface area contributed by atoms with Crippen molar-refractivity contribution in [2.24, 2.45) is 0 Å². The maximum atomic E-state index is 13.4. The molecule has 2 heterocycles. The smallest absolute Gasteiger partial charge is 0.340 e. The first-order valence-electron chi connectivity index (χ1n) is 13.9. The summed E-state index contributed by atoms with van der Waals surface area (Å²) in [7, 11) is 0. The number of nitrogens with zero attached hydrogens (tertiary/aromatic N) is 1. The molecule has 0 unspecified atom stereocenters. The van der Waals surface area contributed by atoms with Crippen LogP contribution in [0.3, 0.4) is 0 Å². The molecule has 5 aromatic rings. The fraction of sp³-hybridized carbons (Fsp3) is 0.171. The number of ketones is 1. The lowest BCUT2D eigenvalue weighted by Crippen LogP contribution is -2.39. The molecule has 43 heavy (non-hydrogen) atoms. The second-order valence-electron chi connectivity index (χ2n) is 10.2. The SMILES string of the molecule is CC(=O)c1ccccc1[C@@H](O)C(=O)O[C@H]1c2cc(OCc3ccc4ccccc4n3)ccc2OC[C@H]1Oc1ccccc1. The van der Waals surface area contributed by atoms with E-state index < -0.39 is 24.3 Å². The van der Waals surface area contributed by atoms with E-state index in [1.165, 1.54) is 13.0 Å². The van der Waals surface area contributed by atoms with E-state index >= 15 is 0 Å². The van der Waals surface area contributed by atoms with E-state index in [0.717, 1.165) is 16.6 Å². The summed E-state index contributed by atoms with van der Waals surface area (Å²) >= 11 is 0. The number of esters is 1. The quantitative estimate of drug-likeness (QED) is 0.164. The number of Topliss-reactive ketones (excluding diaryl/α,β-unsaturated/α-hetero) is 1. The van der Waals surface area contributed by atoms with Crippen LogP contribution in [0, 0.1) is 0 Å². The maximum absolute atomic E-state index is 13.4. The normalized spacial score (nSPS) is 16.4. The van der Waals surface area contributed by atoms with Gasteiger partial charge in [0.05, 0.1) is 11.2 Å². The number of aliphatic hydroxyl groups excluding tert-OH is 1. The number of fused-ring (bicyclic) bond motifs is 2. The van der Waals surface area contributed by atoms with Crippen molar-refractivity contribution >= 4 is 22.7 Å². The second kappa shape index (κ2) is 12.3. The average molecular weight is 576 g/mol. The van der Waals surface area contributed by atoms with Gasteiger partial charge in [0, 0.05) is 22.1 Å². The average Bonchev–Trinajstić information content (AvgIpc) is 3.04. The van der Waals surface area contributed by atoms with Crippen LogP contribution in [0.15, 0.2) is 109 Å². The van der Waals surface area contributed by atoms with E-state index in [9.17, 15) is 14.7 Å². The zero-order chi connectivity index (χ0) is 29.8. The van der Waals surface area contributed by atoms with Crippen LogP contribution in [0.1, 0.15) is 46.3 Å². The molecule has 0 saturated carbocycles. The van der Waals surface area contributed by atoms with Crippen LogP contribution in [0.5, 0.6) is 17.2 Å². The lowest BCUT2D eigenvalue weighted by molar-refractivity contribution is -0.167. The molecule has 0 saturated heterocycles. The fourth-order valence-corrected chi connectivity index (χ4v) is 5.06. The van der Waals surface area contributed by atoms with Crippen LogP contribution in [-0.4, -0.2) is 34.6 Å². The van der Waals surface area contributed by atoms with Gasteiger partial charge in [0.2, 0.25) is 0 Å². The predicted molar refractivity (Wildman–Crippen MR) is 159 cm³/mol. The number of aliphatic hydroxyl groups is 1. The van der Waals surface area contributed by atoms with Gasteiger partial charge >= 0.3 is 5.97 Å². The van der Waals surface area contributed by atoms with Crippen molar-refractivity contribution in [3.63, 3.8) is 0 Å². The van der Waals surface area contributed by atoms with Gasteiger partial charge in [-0.25, -0.2) is 9.78 Å². The van der Waals surface area contributed by atoms with E-state index in [2.05, 4.69) is 4.98 Å². The summed E-state index contributed by atoms with van der Waals surface area (Å²) in [5, 5.41) is 12.0. The predicted octanol–water partition coefficient (Wildman–Crippen LogP) is 6.17. The third kappa shape index (κ3) is 6.19. The maximum Gasteiger partial charge on any atom is 0.340 e. The fourth-order valence-electron chi connectivity index (χ4n) is 5.06. The Kier molecular flexibility index (Phi) is 8.02. The van der Waals surface area contributed by atoms with Gasteiger partial charge in [-0.05, 0) is 49.4 Å². The summed E-state index contributed by atoms with van der Waals surface area (Å²) in [6, 6.07) is 32.6. The molecular weight excluding hydrogens is 546 g/mol. The number of carbonyl (C=O) groups is 2. The van der Waals surface area contributed by atoms with E-state index in [1.807, 2.05) is 54.6 Å². The molecule has 0 spiro atoms. The topological polar surface area (TPSA) is 104 Å². The summed E-state index contributed by atoms with van der Waals surface area (Å²) in [6.07, 6.45) is -3.35. The van der Waals surface area contributed by atoms with E-state index in [-0.39, 0.29) is 30.1 Å². The third-order valence-electron chi connectivity index (χ3n) is 7.20. The highest BCUT2D eigenvalue weighted by Crippen LogP contribution is 2.40. The first kappa shape index (κ1) is 27.9. The van der Waals surface area contributed by atoms with Crippen molar-refractivity contribution in [2.45, 2.75) is 31.8 Å². The zero-order valence-corrected chi connectivity index (χ0v) is 23.4. The molecule has 0 aliphatic carbocycles. The molecule has 1 aliphatic rings. The van der Waals surface area contributed by atoms with Gasteiger partial charge in [0.25, 0.3) is 0 Å². The molecule has 8 heteroatoms. The Balaban J connectivity index is 1.27. The van der Waals surface area contributed by atoms with Gasteiger partial charge in [-0.2, -0.15) is 0 Å². The standard InChI is InChI=1S/C35H29NO7/c1-22(37)27-12-6-7-13-28(27)33(38)35(39)43-34-29-19-26(40-20-24-16-15-23-9-5-8-14-30(23)36-24)17-18-31(29)41-21-32(34)42-25-10-3-2-4-11-25/h2-19,32-34,38H,20-21H2,1H3/t32-,33-,34+/m1/s1. The number of rotatable bonds is 9. The molecular formula is C35H29NO7. The molecule has 1 N–H and O–H groups in total. The van der Waals surface area contributed by atoms with Crippen LogP contribution >= 0.6 is 0 Å². The number of carbonyl (C=O) groups excluding carboxylic acids is 2. The molecule has 0 bridgehead atoms. The summed E-state index contributed by atoms with van der Waals surface area (Å²) in [4.78, 5) is 30.2. The van der Waals surface area contributed by atoms with Crippen molar-refractivity contribution in [2.75, 3.05) is 6.61 Å². The van der Waals surface area contributed by atoms with Crippen LogP contribution in [0.4, 0.5) is 0 Å². The molecule has 0 fully saturated rings. The molecule has 0 radical (unpaired) electrons. The first-order chi connectivity index (χ1) is 21.0. The summed E-state index contributed by atoms with van der Waals surface area (Å²) in [5.74, 6) is 0.395.